The number of aromatic nitrogens is 7. The highest BCUT2D eigenvalue weighted by Crippen LogP contribution is 2.40. The van der Waals surface area contributed by atoms with E-state index in [2.05, 4.69) is 26.0 Å². The number of terminal acetylenes is 1. The van der Waals surface area contributed by atoms with Crippen LogP contribution < -0.4 is 5.76 Å². The van der Waals surface area contributed by atoms with Crippen molar-refractivity contribution in [3.63, 3.8) is 0 Å². The van der Waals surface area contributed by atoms with Gasteiger partial charge in [-0.3, -0.25) is 19.5 Å². The molecule has 5 aromatic heterocycles. The van der Waals surface area contributed by atoms with Crippen molar-refractivity contribution in [3.8, 4) is 35.1 Å². The average Bonchev–Trinajstić information content (AvgIpc) is 3.57. The minimum Gasteiger partial charge on any atom is -0.323 e. The number of fused-ring (bicyclic) bond motifs is 1. The van der Waals surface area contributed by atoms with Crippen LogP contribution in [0.2, 0.25) is 5.02 Å². The van der Waals surface area contributed by atoms with E-state index in [1.165, 1.54) is 13.1 Å². The third-order valence-corrected chi connectivity index (χ3v) is 7.68. The van der Waals surface area contributed by atoms with E-state index < -0.39 is 11.4 Å². The molecule has 1 saturated carbocycles. The molecule has 0 amide bonds. The van der Waals surface area contributed by atoms with Gasteiger partial charge in [-0.1, -0.05) is 22.8 Å². The second kappa shape index (κ2) is 10.3. The number of hydrogen-bond acceptors (Lipinski definition) is 7. The highest BCUT2D eigenvalue weighted by molar-refractivity contribution is 6.30. The van der Waals surface area contributed by atoms with Gasteiger partial charge >= 0.3 is 5.76 Å². The normalized spacial score (nSPS) is 18.9. The van der Waals surface area contributed by atoms with Crippen LogP contribution in [0.1, 0.15) is 44.1 Å². The van der Waals surface area contributed by atoms with Crippen LogP contribution >= 0.6 is 11.6 Å². The molecule has 1 aliphatic carbocycles. The van der Waals surface area contributed by atoms with Crippen LogP contribution in [0.15, 0.2) is 58.2 Å². The Morgan fingerprint density at radius 3 is 2.73 bits per heavy atom. The number of aromatic amines is 1. The lowest BCUT2D eigenvalue weighted by Crippen LogP contribution is -2.27. The Balaban J connectivity index is 1.60. The van der Waals surface area contributed by atoms with Gasteiger partial charge in [0.05, 0.1) is 27.4 Å². The maximum absolute atomic E-state index is 16.8. The fourth-order valence-electron chi connectivity index (χ4n) is 5.42. The maximum Gasteiger partial charge on any atom is 0.439 e. The van der Waals surface area contributed by atoms with Crippen LogP contribution in [0.4, 0.5) is 4.39 Å². The molecule has 11 heteroatoms. The zero-order chi connectivity index (χ0) is 27.9. The highest BCUT2D eigenvalue weighted by Gasteiger charge is 2.37. The van der Waals surface area contributed by atoms with E-state index in [0.29, 0.717) is 39.6 Å². The molecular formula is C29H25ClFN7O2. The number of rotatable bonds is 6. The number of alkyl halides is 1. The zero-order valence-corrected chi connectivity index (χ0v) is 22.4. The fraction of sp³-hybridized carbons (Fsp3) is 0.310. The van der Waals surface area contributed by atoms with Gasteiger partial charge in [0.25, 0.3) is 0 Å². The van der Waals surface area contributed by atoms with Crippen molar-refractivity contribution in [1.82, 2.24) is 34.6 Å². The molecular weight excluding hydrogens is 533 g/mol. The molecule has 0 bridgehead atoms. The Morgan fingerprint density at radius 1 is 1.23 bits per heavy atom. The number of nitrogens with one attached hydrogen (secondary N) is 1. The van der Waals surface area contributed by atoms with Gasteiger partial charge in [0.15, 0.2) is 5.82 Å². The second-order valence-electron chi connectivity index (χ2n) is 10.2. The van der Waals surface area contributed by atoms with E-state index in [1.54, 1.807) is 42.7 Å². The van der Waals surface area contributed by atoms with Gasteiger partial charge in [-0.05, 0) is 62.8 Å². The Bertz CT molecular complexity index is 1780. The number of nitrogens with zero attached hydrogens (tertiary/aromatic N) is 6. The van der Waals surface area contributed by atoms with Crippen LogP contribution in [0, 0.1) is 24.2 Å². The molecule has 0 spiro atoms. The van der Waals surface area contributed by atoms with Gasteiger partial charge in [-0.25, -0.2) is 19.2 Å². The molecule has 1 atom stereocenters. The zero-order valence-electron chi connectivity index (χ0n) is 21.6. The third-order valence-electron chi connectivity index (χ3n) is 7.47. The first-order valence-corrected chi connectivity index (χ1v) is 13.4. The van der Waals surface area contributed by atoms with E-state index in [1.807, 2.05) is 4.57 Å². The van der Waals surface area contributed by atoms with Gasteiger partial charge < -0.3 is 4.57 Å². The molecule has 1 N–H and O–H groups in total. The standard InChI is InChI=1S/C29H25ClFN7O2/c1-3-17-7-9-18(10-8-17)16-38-25-21(35-27(38)29(2,31)23-6-4-5-11-33-23)13-22(26-36-28(39)40-37-26)34-24(25)19-12-20(30)15-32-14-19/h1,4-6,11-15,17-18H,7-10,16H2,2H3,(H,36,37,39). The summed E-state index contributed by atoms with van der Waals surface area (Å²) in [5, 5.41) is 4.21. The van der Waals surface area contributed by atoms with Crippen LogP contribution in [0.3, 0.4) is 0 Å². The van der Waals surface area contributed by atoms with Crippen LogP contribution in [-0.2, 0) is 12.2 Å². The molecule has 202 valence electrons. The predicted molar refractivity (Wildman–Crippen MR) is 148 cm³/mol. The molecule has 1 aliphatic rings. The van der Waals surface area contributed by atoms with Gasteiger partial charge in [0.1, 0.15) is 5.69 Å². The first-order chi connectivity index (χ1) is 19.3. The van der Waals surface area contributed by atoms with Crippen molar-refractivity contribution in [3.05, 3.63) is 76.0 Å². The molecule has 1 unspecified atom stereocenters. The van der Waals surface area contributed by atoms with Gasteiger partial charge in [-0.15, -0.1) is 12.3 Å². The molecule has 0 saturated heterocycles. The largest absolute Gasteiger partial charge is 0.439 e. The minimum atomic E-state index is -2.03. The Labute approximate surface area is 233 Å². The first-order valence-electron chi connectivity index (χ1n) is 13.0. The molecule has 1 fully saturated rings. The lowest BCUT2D eigenvalue weighted by Gasteiger charge is -2.28. The summed E-state index contributed by atoms with van der Waals surface area (Å²) in [6.45, 7) is 1.98. The fourth-order valence-corrected chi connectivity index (χ4v) is 5.60. The van der Waals surface area contributed by atoms with E-state index in [4.69, 9.17) is 32.5 Å². The van der Waals surface area contributed by atoms with Crippen molar-refractivity contribution in [2.24, 2.45) is 11.8 Å². The molecule has 0 aliphatic heterocycles. The topological polar surface area (TPSA) is 115 Å². The van der Waals surface area contributed by atoms with Gasteiger partial charge in [-0.2, -0.15) is 0 Å². The first kappa shape index (κ1) is 25.9. The van der Waals surface area contributed by atoms with Crippen LogP contribution in [0.5, 0.6) is 0 Å². The maximum atomic E-state index is 16.8. The predicted octanol–water partition coefficient (Wildman–Crippen LogP) is 5.56. The van der Waals surface area contributed by atoms with Crippen molar-refractivity contribution in [1.29, 1.82) is 0 Å². The van der Waals surface area contributed by atoms with E-state index in [9.17, 15) is 4.79 Å². The summed E-state index contributed by atoms with van der Waals surface area (Å²) in [7, 11) is 0. The van der Waals surface area contributed by atoms with Gasteiger partial charge in [0, 0.05) is 36.6 Å². The molecule has 6 rings (SSSR count). The second-order valence-corrected chi connectivity index (χ2v) is 10.6. The molecule has 5 heterocycles. The smallest absolute Gasteiger partial charge is 0.323 e. The number of halogens is 2. The lowest BCUT2D eigenvalue weighted by atomic mass is 9.82. The van der Waals surface area contributed by atoms with Crippen molar-refractivity contribution in [2.75, 3.05) is 0 Å². The van der Waals surface area contributed by atoms with Crippen molar-refractivity contribution >= 4 is 22.6 Å². The summed E-state index contributed by atoms with van der Waals surface area (Å²) in [4.78, 5) is 32.4. The SMILES string of the molecule is C#CC1CCC(Cn2c(C(C)(F)c3ccccn3)nc3cc(-c4noc(=O)[nH]4)nc(-c4cncc(Cl)c4)c32)CC1. The summed E-state index contributed by atoms with van der Waals surface area (Å²) in [5.74, 6) is 3.00. The van der Waals surface area contributed by atoms with Crippen LogP contribution in [0.25, 0.3) is 33.8 Å². The molecule has 9 nitrogen and oxygen atoms in total. The number of imidazole rings is 1. The Kier molecular flexibility index (Phi) is 6.68. The average molecular weight is 558 g/mol. The van der Waals surface area contributed by atoms with Crippen LogP contribution in [-0.4, -0.2) is 34.6 Å². The summed E-state index contributed by atoms with van der Waals surface area (Å²) < 4.78 is 23.5. The van der Waals surface area contributed by atoms with E-state index in [-0.39, 0.29) is 29.2 Å². The molecule has 0 aromatic carbocycles. The van der Waals surface area contributed by atoms with E-state index in [0.717, 1.165) is 25.7 Å². The minimum absolute atomic E-state index is 0.125. The lowest BCUT2D eigenvalue weighted by molar-refractivity contribution is 0.211. The van der Waals surface area contributed by atoms with Crippen molar-refractivity contribution in [2.45, 2.75) is 44.8 Å². The number of H-pyrrole nitrogens is 1. The van der Waals surface area contributed by atoms with Crippen molar-refractivity contribution < 1.29 is 8.91 Å². The summed E-state index contributed by atoms with van der Waals surface area (Å²) in [6.07, 6.45) is 14.1. The number of hydrogen-bond donors (Lipinski definition) is 1. The summed E-state index contributed by atoms with van der Waals surface area (Å²) >= 11 is 6.31. The quantitative estimate of drug-likeness (QED) is 0.272. The third kappa shape index (κ3) is 4.77. The Hall–Kier alpha value is -4.36. The van der Waals surface area contributed by atoms with Gasteiger partial charge in [0.2, 0.25) is 11.5 Å². The molecule has 0 radical (unpaired) electrons. The Morgan fingerprint density at radius 2 is 2.05 bits per heavy atom. The monoisotopic (exact) mass is 557 g/mol. The highest BCUT2D eigenvalue weighted by atomic mass is 35.5. The van der Waals surface area contributed by atoms with E-state index >= 15 is 4.39 Å². The summed E-state index contributed by atoms with van der Waals surface area (Å²) in [5.41, 5.74) is 0.678. The molecule has 5 aromatic rings. The summed E-state index contributed by atoms with van der Waals surface area (Å²) in [6, 6.07) is 8.53. The number of pyridine rings is 3. The molecule has 40 heavy (non-hydrogen) atoms.